The molecule has 0 aliphatic heterocycles. The van der Waals surface area contributed by atoms with Crippen LogP contribution >= 0.6 is 11.6 Å². The minimum Gasteiger partial charge on any atom is -0.322 e. The van der Waals surface area contributed by atoms with E-state index in [4.69, 9.17) is 11.6 Å². The summed E-state index contributed by atoms with van der Waals surface area (Å²) >= 11 is 5.65. The Morgan fingerprint density at radius 2 is 1.81 bits per heavy atom. The van der Waals surface area contributed by atoms with E-state index in [0.29, 0.717) is 5.69 Å². The maximum atomic E-state index is 14.2. The molecule has 0 unspecified atom stereocenters. The molecule has 2 rings (SSSR count). The van der Waals surface area contributed by atoms with Crippen LogP contribution in [-0.4, -0.2) is 31.1 Å². The Hall–Kier alpha value is -2.10. The maximum absolute atomic E-state index is 14.2. The Labute approximate surface area is 161 Å². The summed E-state index contributed by atoms with van der Waals surface area (Å²) < 4.78 is 53.6. The van der Waals surface area contributed by atoms with E-state index < -0.39 is 33.6 Å². The third-order valence-corrected chi connectivity index (χ3v) is 5.68. The van der Waals surface area contributed by atoms with Crippen LogP contribution < -0.4 is 10.0 Å². The molecule has 2 N–H and O–H groups in total. The molecule has 1 amide bonds. The fourth-order valence-corrected chi connectivity index (χ4v) is 2.80. The van der Waals surface area contributed by atoms with Crippen LogP contribution in [0.1, 0.15) is 29.8 Å². The van der Waals surface area contributed by atoms with Crippen molar-refractivity contribution in [3.8, 4) is 0 Å². The highest BCUT2D eigenvalue weighted by Gasteiger charge is 2.33. The van der Waals surface area contributed by atoms with Crippen molar-refractivity contribution in [3.05, 3.63) is 58.9 Å². The van der Waals surface area contributed by atoms with Gasteiger partial charge in [-0.05, 0) is 38.1 Å². The second-order valence-electron chi connectivity index (χ2n) is 6.02. The van der Waals surface area contributed by atoms with Crippen LogP contribution in [0.5, 0.6) is 0 Å². The molecule has 0 saturated carbocycles. The molecule has 6 nitrogen and oxygen atoms in total. The van der Waals surface area contributed by atoms with E-state index in [1.54, 1.807) is 0 Å². The average molecular weight is 418 g/mol. The lowest BCUT2D eigenvalue weighted by molar-refractivity contribution is 0.00208. The van der Waals surface area contributed by atoms with Crippen molar-refractivity contribution < 1.29 is 22.0 Å². The van der Waals surface area contributed by atoms with E-state index in [0.717, 1.165) is 12.1 Å². The predicted octanol–water partition coefficient (Wildman–Crippen LogP) is 3.41. The molecule has 0 aliphatic rings. The molecule has 2 aromatic rings. The number of pyridine rings is 1. The Morgan fingerprint density at radius 1 is 1.19 bits per heavy atom. The van der Waals surface area contributed by atoms with Crippen molar-refractivity contribution in [3.63, 3.8) is 0 Å². The Kier molecular flexibility index (Phi) is 6.50. The first-order valence-electron chi connectivity index (χ1n) is 7.91. The normalized spacial score (nSPS) is 12.2. The zero-order valence-corrected chi connectivity index (χ0v) is 16.1. The number of hydrogen-bond donors (Lipinski definition) is 2. The summed E-state index contributed by atoms with van der Waals surface area (Å²) in [6.07, 6.45) is 1.29. The van der Waals surface area contributed by atoms with Gasteiger partial charge in [0.15, 0.2) is 0 Å². The molecule has 0 spiro atoms. The fourth-order valence-electron chi connectivity index (χ4n) is 1.97. The smallest absolute Gasteiger partial charge is 0.286 e. The van der Waals surface area contributed by atoms with Crippen molar-refractivity contribution in [1.82, 2.24) is 9.71 Å². The van der Waals surface area contributed by atoms with Gasteiger partial charge in [-0.3, -0.25) is 4.79 Å². The number of sulfonamides is 1. The zero-order valence-electron chi connectivity index (χ0n) is 14.5. The van der Waals surface area contributed by atoms with E-state index >= 15 is 0 Å². The van der Waals surface area contributed by atoms with Crippen LogP contribution in [0.25, 0.3) is 0 Å². The number of alkyl halides is 2. The largest absolute Gasteiger partial charge is 0.322 e. The monoisotopic (exact) mass is 417 g/mol. The van der Waals surface area contributed by atoms with E-state index in [9.17, 15) is 22.0 Å². The lowest BCUT2D eigenvalue weighted by Gasteiger charge is -2.19. The third kappa shape index (κ3) is 5.69. The second kappa shape index (κ2) is 8.28. The molecule has 27 heavy (non-hydrogen) atoms. The van der Waals surface area contributed by atoms with E-state index in [1.807, 2.05) is 4.72 Å². The molecule has 146 valence electrons. The number of benzene rings is 1. The summed E-state index contributed by atoms with van der Waals surface area (Å²) in [5, 5.41) is 1.98. The fraction of sp³-hybridized carbons (Fsp3) is 0.294. The van der Waals surface area contributed by atoms with Crippen molar-refractivity contribution in [2.45, 2.75) is 25.0 Å². The maximum Gasteiger partial charge on any atom is 0.286 e. The van der Waals surface area contributed by atoms with Gasteiger partial charge in [-0.25, -0.2) is 18.1 Å². The molecule has 10 heteroatoms. The number of amides is 1. The minimum atomic E-state index is -3.80. The molecule has 0 fully saturated rings. The van der Waals surface area contributed by atoms with Gasteiger partial charge >= 0.3 is 0 Å². The summed E-state index contributed by atoms with van der Waals surface area (Å²) in [5.41, 5.74) is 0.189. The number of rotatable bonds is 7. The molecule has 1 aromatic carbocycles. The number of carbonyl (C=O) groups excluding carboxylic acids is 1. The Bertz CT molecular complexity index is 902. The van der Waals surface area contributed by atoms with Gasteiger partial charge in [0, 0.05) is 17.4 Å². The quantitative estimate of drug-likeness (QED) is 0.676. The van der Waals surface area contributed by atoms with Gasteiger partial charge in [-0.2, -0.15) is 8.78 Å². The third-order valence-electron chi connectivity index (χ3n) is 3.67. The summed E-state index contributed by atoms with van der Waals surface area (Å²) in [6, 6.07) is 7.80. The van der Waals surface area contributed by atoms with Crippen LogP contribution in [0.2, 0.25) is 5.15 Å². The predicted molar refractivity (Wildman–Crippen MR) is 99.6 cm³/mol. The van der Waals surface area contributed by atoms with E-state index in [-0.39, 0.29) is 16.3 Å². The molecular weight excluding hydrogens is 400 g/mol. The summed E-state index contributed by atoms with van der Waals surface area (Å²) in [6.45, 7) is 1.75. The average Bonchev–Trinajstić information content (AvgIpc) is 2.61. The van der Waals surface area contributed by atoms with Crippen molar-refractivity contribution >= 4 is 33.2 Å². The van der Waals surface area contributed by atoms with Gasteiger partial charge in [-0.15, -0.1) is 0 Å². The molecule has 0 saturated heterocycles. The first-order valence-corrected chi connectivity index (χ1v) is 9.83. The molecule has 0 aliphatic carbocycles. The van der Waals surface area contributed by atoms with E-state index in [1.165, 1.54) is 44.3 Å². The van der Waals surface area contributed by atoms with Crippen molar-refractivity contribution in [2.75, 3.05) is 11.9 Å². The van der Waals surface area contributed by atoms with Crippen LogP contribution in [-0.2, 0) is 15.9 Å². The molecule has 0 bridgehead atoms. The number of carbonyl (C=O) groups is 1. The van der Waals surface area contributed by atoms with Gasteiger partial charge in [0.2, 0.25) is 10.0 Å². The number of anilines is 1. The summed E-state index contributed by atoms with van der Waals surface area (Å²) in [7, 11) is -3.80. The zero-order chi connectivity index (χ0) is 20.2. The van der Waals surface area contributed by atoms with Crippen molar-refractivity contribution in [2.24, 2.45) is 0 Å². The molecule has 1 heterocycles. The van der Waals surface area contributed by atoms with Gasteiger partial charge in [0.1, 0.15) is 5.15 Å². The van der Waals surface area contributed by atoms with Gasteiger partial charge in [-0.1, -0.05) is 23.7 Å². The standard InChI is InChI=1S/C17H18ClF2N3O3S/c1-11(2)27(25,26)22-10-17(19,20)13-4-6-14(7-5-13)23-16(24)12-3-8-15(18)21-9-12/h3-9,11,22H,10H2,1-2H3,(H,23,24). The molecular formula is C17H18ClF2N3O3S. The lowest BCUT2D eigenvalue weighted by atomic mass is 10.1. The highest BCUT2D eigenvalue weighted by Crippen LogP contribution is 2.28. The van der Waals surface area contributed by atoms with E-state index in [2.05, 4.69) is 10.3 Å². The number of halogens is 3. The van der Waals surface area contributed by atoms with Crippen LogP contribution in [0.3, 0.4) is 0 Å². The second-order valence-corrected chi connectivity index (χ2v) is 8.73. The Morgan fingerprint density at radius 3 is 2.33 bits per heavy atom. The van der Waals surface area contributed by atoms with Gasteiger partial charge in [0.05, 0.1) is 17.4 Å². The van der Waals surface area contributed by atoms with Gasteiger partial charge < -0.3 is 5.32 Å². The van der Waals surface area contributed by atoms with Crippen molar-refractivity contribution in [1.29, 1.82) is 0 Å². The summed E-state index contributed by atoms with van der Waals surface area (Å²) in [4.78, 5) is 15.9. The highest BCUT2D eigenvalue weighted by atomic mass is 35.5. The number of nitrogens with one attached hydrogen (secondary N) is 2. The topological polar surface area (TPSA) is 88.2 Å². The Balaban J connectivity index is 2.05. The lowest BCUT2D eigenvalue weighted by Crippen LogP contribution is -2.38. The molecule has 1 aromatic heterocycles. The van der Waals surface area contributed by atoms with Gasteiger partial charge in [0.25, 0.3) is 11.8 Å². The number of hydrogen-bond acceptors (Lipinski definition) is 4. The number of aromatic nitrogens is 1. The summed E-state index contributed by atoms with van der Waals surface area (Å²) in [5.74, 6) is -3.87. The first-order chi connectivity index (χ1) is 12.5. The minimum absolute atomic E-state index is 0.242. The van der Waals surface area contributed by atoms with Crippen LogP contribution in [0, 0.1) is 0 Å². The first kappa shape index (κ1) is 21.2. The molecule has 0 radical (unpaired) electrons. The van der Waals surface area contributed by atoms with Crippen LogP contribution in [0.15, 0.2) is 42.6 Å². The molecule has 0 atom stereocenters. The highest BCUT2D eigenvalue weighted by molar-refractivity contribution is 7.90. The SMILES string of the molecule is CC(C)S(=O)(=O)NCC(F)(F)c1ccc(NC(=O)c2ccc(Cl)nc2)cc1. The van der Waals surface area contributed by atoms with Crippen LogP contribution in [0.4, 0.5) is 14.5 Å². The number of nitrogens with zero attached hydrogens (tertiary/aromatic N) is 1.